The Labute approximate surface area is 143 Å². The Hall–Kier alpha value is -1.73. The van der Waals surface area contributed by atoms with Gasteiger partial charge in [0.05, 0.1) is 11.8 Å². The fraction of sp³-hybridized carbons (Fsp3) is 0.529. The zero-order valence-corrected chi connectivity index (χ0v) is 15.2. The van der Waals surface area contributed by atoms with E-state index in [1.165, 1.54) is 17.4 Å². The second-order valence-corrected chi connectivity index (χ2v) is 8.56. The van der Waals surface area contributed by atoms with Crippen molar-refractivity contribution in [3.63, 3.8) is 0 Å². The molecule has 1 fully saturated rings. The van der Waals surface area contributed by atoms with Gasteiger partial charge < -0.3 is 4.90 Å². The molecule has 2 aromatic rings. The maximum atomic E-state index is 11.3. The van der Waals surface area contributed by atoms with E-state index in [-0.39, 0.29) is 0 Å². The van der Waals surface area contributed by atoms with Crippen LogP contribution in [0, 0.1) is 19.8 Å². The predicted molar refractivity (Wildman–Crippen MR) is 96.8 cm³/mol. The number of aryl methyl sites for hydroxylation is 2. The second-order valence-electron chi connectivity index (χ2n) is 6.73. The molecule has 6 nitrogen and oxygen atoms in total. The molecule has 24 heavy (non-hydrogen) atoms. The third-order valence-electron chi connectivity index (χ3n) is 4.68. The number of hydrogen-bond acceptors (Lipinski definition) is 5. The monoisotopic (exact) mass is 348 g/mol. The van der Waals surface area contributed by atoms with Gasteiger partial charge in [0.2, 0.25) is 10.0 Å². The van der Waals surface area contributed by atoms with Crippen molar-refractivity contribution in [1.29, 1.82) is 0 Å². The van der Waals surface area contributed by atoms with Crippen molar-refractivity contribution in [3.05, 3.63) is 29.6 Å². The molecule has 1 aromatic heterocycles. The highest BCUT2D eigenvalue weighted by Gasteiger charge is 2.23. The molecule has 0 radical (unpaired) electrons. The summed E-state index contributed by atoms with van der Waals surface area (Å²) < 4.78 is 25.3. The Morgan fingerprint density at radius 3 is 2.75 bits per heavy atom. The highest BCUT2D eigenvalue weighted by molar-refractivity contribution is 7.88. The molecule has 2 heterocycles. The van der Waals surface area contributed by atoms with Crippen molar-refractivity contribution < 1.29 is 8.42 Å². The standard InChI is InChI=1S/C17H24N4O2S/c1-12-7-15-16(8-13(12)2)18-11-19-17(15)21-6-4-5-14(10-21)9-20-24(3,22)23/h7-8,11,14,20H,4-6,9-10H2,1-3H3. The molecule has 1 aromatic carbocycles. The number of benzene rings is 1. The number of fused-ring (bicyclic) bond motifs is 1. The van der Waals surface area contributed by atoms with Gasteiger partial charge in [0.15, 0.2) is 0 Å². The van der Waals surface area contributed by atoms with Crippen molar-refractivity contribution in [2.24, 2.45) is 5.92 Å². The zero-order chi connectivity index (χ0) is 17.3. The largest absolute Gasteiger partial charge is 0.356 e. The Balaban J connectivity index is 1.86. The van der Waals surface area contributed by atoms with E-state index in [0.29, 0.717) is 12.5 Å². The van der Waals surface area contributed by atoms with Crippen LogP contribution in [-0.4, -0.2) is 44.3 Å². The van der Waals surface area contributed by atoms with Crippen LogP contribution in [0.5, 0.6) is 0 Å². The van der Waals surface area contributed by atoms with Crippen LogP contribution in [0.15, 0.2) is 18.5 Å². The average molecular weight is 348 g/mol. The first-order valence-corrected chi connectivity index (χ1v) is 10.1. The number of rotatable bonds is 4. The molecule has 0 amide bonds. The van der Waals surface area contributed by atoms with Crippen molar-refractivity contribution >= 4 is 26.7 Å². The van der Waals surface area contributed by atoms with Gasteiger partial charge >= 0.3 is 0 Å². The minimum atomic E-state index is -3.14. The Morgan fingerprint density at radius 1 is 1.25 bits per heavy atom. The molecular formula is C17H24N4O2S. The maximum absolute atomic E-state index is 11.3. The van der Waals surface area contributed by atoms with Gasteiger partial charge in [-0.1, -0.05) is 0 Å². The number of aromatic nitrogens is 2. The van der Waals surface area contributed by atoms with E-state index < -0.39 is 10.0 Å². The number of nitrogens with one attached hydrogen (secondary N) is 1. The molecule has 7 heteroatoms. The lowest BCUT2D eigenvalue weighted by Gasteiger charge is -2.34. The first kappa shape index (κ1) is 17.1. The van der Waals surface area contributed by atoms with E-state index in [0.717, 1.165) is 42.7 Å². The quantitative estimate of drug-likeness (QED) is 0.915. The summed E-state index contributed by atoms with van der Waals surface area (Å²) in [5, 5.41) is 1.07. The lowest BCUT2D eigenvalue weighted by Crippen LogP contribution is -2.41. The van der Waals surface area contributed by atoms with Gasteiger partial charge in [-0.05, 0) is 55.9 Å². The summed E-state index contributed by atoms with van der Waals surface area (Å²) in [5.74, 6) is 1.25. The number of piperidine rings is 1. The third kappa shape index (κ3) is 3.84. The minimum absolute atomic E-state index is 0.296. The van der Waals surface area contributed by atoms with Crippen LogP contribution in [0.1, 0.15) is 24.0 Å². The SMILES string of the molecule is Cc1cc2ncnc(N3CCCC(CNS(C)(=O)=O)C3)c2cc1C. The molecular weight excluding hydrogens is 324 g/mol. The van der Waals surface area contributed by atoms with Crippen molar-refractivity contribution in [3.8, 4) is 0 Å². The zero-order valence-electron chi connectivity index (χ0n) is 14.4. The molecule has 0 spiro atoms. The van der Waals surface area contributed by atoms with Crippen LogP contribution in [0.4, 0.5) is 5.82 Å². The first-order valence-electron chi connectivity index (χ1n) is 8.25. The summed E-state index contributed by atoms with van der Waals surface area (Å²) in [6, 6.07) is 4.25. The van der Waals surface area contributed by atoms with E-state index >= 15 is 0 Å². The van der Waals surface area contributed by atoms with Crippen molar-refractivity contribution in [2.45, 2.75) is 26.7 Å². The average Bonchev–Trinajstić information content (AvgIpc) is 2.53. The van der Waals surface area contributed by atoms with Crippen LogP contribution in [0.25, 0.3) is 10.9 Å². The third-order valence-corrected chi connectivity index (χ3v) is 5.37. The van der Waals surface area contributed by atoms with Gasteiger partial charge in [-0.2, -0.15) is 0 Å². The minimum Gasteiger partial charge on any atom is -0.356 e. The summed E-state index contributed by atoms with van der Waals surface area (Å²) in [4.78, 5) is 11.2. The predicted octanol–water partition coefficient (Wildman–Crippen LogP) is 2.01. The molecule has 1 atom stereocenters. The molecule has 0 bridgehead atoms. The molecule has 1 aliphatic heterocycles. The molecule has 0 saturated carbocycles. The van der Waals surface area contributed by atoms with E-state index in [9.17, 15) is 8.42 Å². The van der Waals surface area contributed by atoms with Gasteiger partial charge in [0, 0.05) is 25.0 Å². The number of nitrogens with zero attached hydrogens (tertiary/aromatic N) is 3. The van der Waals surface area contributed by atoms with Gasteiger partial charge in [0.1, 0.15) is 12.1 Å². The van der Waals surface area contributed by atoms with E-state index in [1.807, 2.05) is 0 Å². The molecule has 1 N–H and O–H groups in total. The summed E-state index contributed by atoms with van der Waals surface area (Å²) >= 11 is 0. The second kappa shape index (κ2) is 6.64. The van der Waals surface area contributed by atoms with Crippen molar-refractivity contribution in [1.82, 2.24) is 14.7 Å². The summed E-state index contributed by atoms with van der Waals surface area (Å²) in [7, 11) is -3.14. The smallest absolute Gasteiger partial charge is 0.208 e. The van der Waals surface area contributed by atoms with E-state index in [2.05, 4.69) is 45.6 Å². The fourth-order valence-electron chi connectivity index (χ4n) is 3.25. The van der Waals surface area contributed by atoms with Crippen LogP contribution in [-0.2, 0) is 10.0 Å². The lowest BCUT2D eigenvalue weighted by atomic mass is 9.97. The Kier molecular flexibility index (Phi) is 4.73. The maximum Gasteiger partial charge on any atom is 0.208 e. The molecule has 130 valence electrons. The first-order chi connectivity index (χ1) is 11.3. The molecule has 0 aliphatic carbocycles. The highest BCUT2D eigenvalue weighted by atomic mass is 32.2. The van der Waals surface area contributed by atoms with E-state index in [1.54, 1.807) is 6.33 Å². The van der Waals surface area contributed by atoms with Gasteiger partial charge in [0.25, 0.3) is 0 Å². The summed E-state index contributed by atoms with van der Waals surface area (Å²) in [6.45, 7) is 6.41. The lowest BCUT2D eigenvalue weighted by molar-refractivity contribution is 0.410. The Morgan fingerprint density at radius 2 is 2.00 bits per heavy atom. The summed E-state index contributed by atoms with van der Waals surface area (Å²) in [5.41, 5.74) is 3.41. The molecule has 1 aliphatic rings. The van der Waals surface area contributed by atoms with Gasteiger partial charge in [-0.3, -0.25) is 0 Å². The number of hydrogen-bond donors (Lipinski definition) is 1. The normalized spacial score (nSPS) is 19.0. The summed E-state index contributed by atoms with van der Waals surface area (Å²) in [6.07, 6.45) is 4.88. The number of sulfonamides is 1. The Bertz CT molecular complexity index is 851. The molecule has 1 unspecified atom stereocenters. The molecule has 1 saturated heterocycles. The van der Waals surface area contributed by atoms with Gasteiger partial charge in [-0.15, -0.1) is 0 Å². The van der Waals surface area contributed by atoms with Gasteiger partial charge in [-0.25, -0.2) is 23.1 Å². The van der Waals surface area contributed by atoms with Crippen LogP contribution in [0.2, 0.25) is 0 Å². The van der Waals surface area contributed by atoms with Crippen LogP contribution in [0.3, 0.4) is 0 Å². The topological polar surface area (TPSA) is 75.2 Å². The van der Waals surface area contributed by atoms with Crippen molar-refractivity contribution in [2.75, 3.05) is 30.8 Å². The van der Waals surface area contributed by atoms with E-state index in [4.69, 9.17) is 0 Å². The highest BCUT2D eigenvalue weighted by Crippen LogP contribution is 2.29. The molecule has 3 rings (SSSR count). The fourth-order valence-corrected chi connectivity index (χ4v) is 3.79. The number of anilines is 1. The van der Waals surface area contributed by atoms with Crippen LogP contribution < -0.4 is 9.62 Å². The van der Waals surface area contributed by atoms with Crippen LogP contribution >= 0.6 is 0 Å².